The zero-order chi connectivity index (χ0) is 18.2. The van der Waals surface area contributed by atoms with Gasteiger partial charge in [-0.25, -0.2) is 14.7 Å². The fourth-order valence-electron chi connectivity index (χ4n) is 2.56. The van der Waals surface area contributed by atoms with Gasteiger partial charge in [-0.2, -0.15) is 0 Å². The SMILES string of the molecule is CC1(C)C(=O)N(c2ccc(Cl)cc2)C(=O)N1NC(=O)c1ccccc1. The van der Waals surface area contributed by atoms with Crippen LogP contribution in [0.4, 0.5) is 10.5 Å². The molecular weight excluding hydrogens is 342 g/mol. The van der Waals surface area contributed by atoms with Crippen LogP contribution in [0.5, 0.6) is 0 Å². The summed E-state index contributed by atoms with van der Waals surface area (Å²) in [6.07, 6.45) is 0. The van der Waals surface area contributed by atoms with Gasteiger partial charge in [0.15, 0.2) is 0 Å². The number of amides is 4. The maximum atomic E-state index is 12.8. The van der Waals surface area contributed by atoms with Crippen molar-refractivity contribution < 1.29 is 14.4 Å². The molecule has 0 saturated carbocycles. The lowest BCUT2D eigenvalue weighted by molar-refractivity contribution is -0.124. The molecule has 0 radical (unpaired) electrons. The highest BCUT2D eigenvalue weighted by Crippen LogP contribution is 2.31. The number of hydrogen-bond donors (Lipinski definition) is 1. The van der Waals surface area contributed by atoms with Gasteiger partial charge in [-0.05, 0) is 50.2 Å². The van der Waals surface area contributed by atoms with Crippen molar-refractivity contribution in [3.05, 3.63) is 65.2 Å². The van der Waals surface area contributed by atoms with Crippen LogP contribution in [0.15, 0.2) is 54.6 Å². The largest absolute Gasteiger partial charge is 0.351 e. The standard InChI is InChI=1S/C18H16ClN3O3/c1-18(2)16(24)21(14-10-8-13(19)9-11-14)17(25)22(18)20-15(23)12-6-4-3-5-7-12/h3-11H,1-2H3,(H,20,23). The molecule has 1 saturated heterocycles. The quantitative estimate of drug-likeness (QED) is 0.857. The molecule has 25 heavy (non-hydrogen) atoms. The Labute approximate surface area is 149 Å². The average Bonchev–Trinajstić information content (AvgIpc) is 2.76. The van der Waals surface area contributed by atoms with Crippen LogP contribution >= 0.6 is 11.6 Å². The van der Waals surface area contributed by atoms with Crippen LogP contribution < -0.4 is 10.3 Å². The predicted molar refractivity (Wildman–Crippen MR) is 94.2 cm³/mol. The molecule has 1 aliphatic rings. The van der Waals surface area contributed by atoms with Gasteiger partial charge in [-0.15, -0.1) is 0 Å². The summed E-state index contributed by atoms with van der Waals surface area (Å²) in [5, 5.41) is 1.55. The van der Waals surface area contributed by atoms with Crippen molar-refractivity contribution in [1.29, 1.82) is 0 Å². The van der Waals surface area contributed by atoms with Crippen molar-refractivity contribution >= 4 is 35.1 Å². The van der Waals surface area contributed by atoms with Gasteiger partial charge in [0.1, 0.15) is 5.54 Å². The van der Waals surface area contributed by atoms with Crippen LogP contribution in [0, 0.1) is 0 Å². The van der Waals surface area contributed by atoms with E-state index in [-0.39, 0.29) is 0 Å². The van der Waals surface area contributed by atoms with Gasteiger partial charge in [-0.3, -0.25) is 15.0 Å². The Morgan fingerprint density at radius 2 is 1.60 bits per heavy atom. The molecule has 0 spiro atoms. The van der Waals surface area contributed by atoms with E-state index < -0.39 is 23.4 Å². The molecule has 0 atom stereocenters. The summed E-state index contributed by atoms with van der Waals surface area (Å²) in [6, 6.07) is 14.2. The fourth-order valence-corrected chi connectivity index (χ4v) is 2.68. The van der Waals surface area contributed by atoms with Crippen molar-refractivity contribution in [3.8, 4) is 0 Å². The Bertz CT molecular complexity index is 834. The van der Waals surface area contributed by atoms with Crippen LogP contribution in [-0.2, 0) is 4.79 Å². The number of carbonyl (C=O) groups excluding carboxylic acids is 3. The van der Waals surface area contributed by atoms with E-state index in [2.05, 4.69) is 5.43 Å². The zero-order valence-corrected chi connectivity index (χ0v) is 14.4. The highest BCUT2D eigenvalue weighted by molar-refractivity contribution is 6.31. The molecule has 1 fully saturated rings. The molecule has 1 N–H and O–H groups in total. The number of benzene rings is 2. The Balaban J connectivity index is 1.90. The second kappa shape index (κ2) is 6.22. The minimum absolute atomic E-state index is 0.392. The lowest BCUT2D eigenvalue weighted by Crippen LogP contribution is -2.54. The van der Waals surface area contributed by atoms with Crippen LogP contribution in [0.25, 0.3) is 0 Å². The number of anilines is 1. The summed E-state index contributed by atoms with van der Waals surface area (Å²) in [5.74, 6) is -0.902. The number of nitrogens with one attached hydrogen (secondary N) is 1. The zero-order valence-electron chi connectivity index (χ0n) is 13.7. The van der Waals surface area contributed by atoms with E-state index in [1.807, 2.05) is 0 Å². The first-order chi connectivity index (χ1) is 11.8. The number of halogens is 1. The van der Waals surface area contributed by atoms with Gasteiger partial charge in [0.25, 0.3) is 11.8 Å². The second-order valence-electron chi connectivity index (χ2n) is 6.10. The molecule has 1 aliphatic heterocycles. The summed E-state index contributed by atoms with van der Waals surface area (Å²) in [6.45, 7) is 3.16. The van der Waals surface area contributed by atoms with E-state index in [9.17, 15) is 14.4 Å². The third-order valence-electron chi connectivity index (χ3n) is 4.00. The third-order valence-corrected chi connectivity index (χ3v) is 4.25. The fraction of sp³-hybridized carbons (Fsp3) is 0.167. The minimum Gasteiger partial charge on any atom is -0.271 e. The number of hydrazine groups is 1. The summed E-state index contributed by atoms with van der Waals surface area (Å²) >= 11 is 5.86. The number of imide groups is 1. The number of rotatable bonds is 3. The Morgan fingerprint density at radius 3 is 2.20 bits per heavy atom. The smallest absolute Gasteiger partial charge is 0.271 e. The van der Waals surface area contributed by atoms with Gasteiger partial charge >= 0.3 is 6.03 Å². The summed E-state index contributed by atoms with van der Waals surface area (Å²) in [7, 11) is 0. The van der Waals surface area contributed by atoms with Gasteiger partial charge in [0.05, 0.1) is 5.69 Å². The van der Waals surface area contributed by atoms with Crippen molar-refractivity contribution in [2.75, 3.05) is 4.90 Å². The number of hydrogen-bond acceptors (Lipinski definition) is 3. The van der Waals surface area contributed by atoms with Crippen LogP contribution in [0.1, 0.15) is 24.2 Å². The Morgan fingerprint density at radius 1 is 1.00 bits per heavy atom. The average molecular weight is 358 g/mol. The Kier molecular flexibility index (Phi) is 4.22. The molecule has 3 rings (SSSR count). The maximum absolute atomic E-state index is 12.8. The van der Waals surface area contributed by atoms with E-state index in [0.29, 0.717) is 16.3 Å². The topological polar surface area (TPSA) is 69.7 Å². The molecule has 128 valence electrons. The first-order valence-electron chi connectivity index (χ1n) is 7.63. The van der Waals surface area contributed by atoms with Gasteiger partial charge < -0.3 is 0 Å². The lowest BCUT2D eigenvalue weighted by Gasteiger charge is -2.27. The summed E-state index contributed by atoms with van der Waals surface area (Å²) < 4.78 is 0. The van der Waals surface area contributed by atoms with Crippen LogP contribution in [-0.4, -0.2) is 28.4 Å². The van der Waals surface area contributed by atoms with Crippen molar-refractivity contribution in [2.45, 2.75) is 19.4 Å². The first kappa shape index (κ1) is 17.0. The van der Waals surface area contributed by atoms with E-state index >= 15 is 0 Å². The summed E-state index contributed by atoms with van der Waals surface area (Å²) in [4.78, 5) is 38.9. The lowest BCUT2D eigenvalue weighted by atomic mass is 10.1. The molecule has 6 nitrogen and oxygen atoms in total. The highest BCUT2D eigenvalue weighted by Gasteiger charge is 2.53. The molecule has 0 bridgehead atoms. The predicted octanol–water partition coefficient (Wildman–Crippen LogP) is 3.23. The summed E-state index contributed by atoms with van der Waals surface area (Å²) in [5.41, 5.74) is 2.10. The minimum atomic E-state index is -1.22. The van der Waals surface area contributed by atoms with E-state index in [1.165, 1.54) is 0 Å². The second-order valence-corrected chi connectivity index (χ2v) is 6.54. The van der Waals surface area contributed by atoms with Crippen LogP contribution in [0.2, 0.25) is 5.02 Å². The molecule has 2 aromatic carbocycles. The highest BCUT2D eigenvalue weighted by atomic mass is 35.5. The maximum Gasteiger partial charge on any atom is 0.351 e. The van der Waals surface area contributed by atoms with Crippen molar-refractivity contribution in [2.24, 2.45) is 0 Å². The van der Waals surface area contributed by atoms with Crippen LogP contribution in [0.3, 0.4) is 0 Å². The van der Waals surface area contributed by atoms with E-state index in [1.54, 1.807) is 68.4 Å². The molecule has 2 aromatic rings. The van der Waals surface area contributed by atoms with Gasteiger partial charge in [0.2, 0.25) is 0 Å². The van der Waals surface area contributed by atoms with Crippen molar-refractivity contribution in [1.82, 2.24) is 10.4 Å². The number of urea groups is 1. The monoisotopic (exact) mass is 357 g/mol. The molecule has 7 heteroatoms. The van der Waals surface area contributed by atoms with Crippen molar-refractivity contribution in [3.63, 3.8) is 0 Å². The molecule has 0 aliphatic carbocycles. The van der Waals surface area contributed by atoms with E-state index in [4.69, 9.17) is 11.6 Å². The number of carbonyl (C=O) groups is 3. The first-order valence-corrected chi connectivity index (χ1v) is 8.00. The molecule has 0 aromatic heterocycles. The third kappa shape index (κ3) is 2.96. The molecule has 0 unspecified atom stereocenters. The Hall–Kier alpha value is -2.86. The molecule has 1 heterocycles. The normalized spacial score (nSPS) is 16.3. The van der Waals surface area contributed by atoms with E-state index in [0.717, 1.165) is 9.91 Å². The number of nitrogens with zero attached hydrogens (tertiary/aromatic N) is 2. The molecule has 4 amide bonds. The molecular formula is C18H16ClN3O3. The van der Waals surface area contributed by atoms with Gasteiger partial charge in [-0.1, -0.05) is 29.8 Å². The van der Waals surface area contributed by atoms with Gasteiger partial charge in [0, 0.05) is 10.6 Å².